The van der Waals surface area contributed by atoms with Gasteiger partial charge in [0.15, 0.2) is 5.13 Å². The minimum Gasteiger partial charge on any atom is -0.302 e. The Morgan fingerprint density at radius 2 is 2.03 bits per heavy atom. The molecule has 3 aromatic heterocycles. The first-order valence-corrected chi connectivity index (χ1v) is 11.7. The third kappa shape index (κ3) is 3.70. The molecule has 0 saturated heterocycles. The SMILES string of the molecule is CC(=O)Nc1nc2c(s1)-c1c(c(-c3ccc(C)nc3)nn1-c1ccccc1Br)CCC2. The zero-order valence-electron chi connectivity index (χ0n) is 17.1. The summed E-state index contributed by atoms with van der Waals surface area (Å²) < 4.78 is 2.97. The molecule has 31 heavy (non-hydrogen) atoms. The number of pyridine rings is 1. The van der Waals surface area contributed by atoms with Gasteiger partial charge in [0.05, 0.1) is 27.6 Å². The molecule has 1 aromatic carbocycles. The van der Waals surface area contributed by atoms with Crippen LogP contribution in [0.15, 0.2) is 47.1 Å². The lowest BCUT2D eigenvalue weighted by Gasteiger charge is -2.09. The fourth-order valence-corrected chi connectivity index (χ4v) is 5.47. The van der Waals surface area contributed by atoms with Crippen molar-refractivity contribution in [3.05, 3.63) is 64.0 Å². The fourth-order valence-electron chi connectivity index (χ4n) is 3.90. The third-order valence-corrected chi connectivity index (χ3v) is 6.98. The zero-order valence-corrected chi connectivity index (χ0v) is 19.5. The summed E-state index contributed by atoms with van der Waals surface area (Å²) in [5.74, 6) is -0.116. The van der Waals surface area contributed by atoms with Crippen LogP contribution in [0.5, 0.6) is 0 Å². The smallest absolute Gasteiger partial charge is 0.223 e. The molecule has 0 radical (unpaired) electrons. The highest BCUT2D eigenvalue weighted by atomic mass is 79.9. The van der Waals surface area contributed by atoms with Crippen LogP contribution < -0.4 is 5.32 Å². The number of hydrogen-bond acceptors (Lipinski definition) is 5. The normalized spacial score (nSPS) is 12.7. The van der Waals surface area contributed by atoms with Gasteiger partial charge in [-0.15, -0.1) is 0 Å². The number of carbonyl (C=O) groups excluding carboxylic acids is 1. The number of benzene rings is 1. The van der Waals surface area contributed by atoms with E-state index in [-0.39, 0.29) is 5.91 Å². The number of halogens is 1. The molecule has 0 atom stereocenters. The number of thiazole rings is 1. The predicted molar refractivity (Wildman–Crippen MR) is 127 cm³/mol. The number of nitrogens with zero attached hydrogens (tertiary/aromatic N) is 4. The maximum absolute atomic E-state index is 11.6. The van der Waals surface area contributed by atoms with Crippen LogP contribution in [0.1, 0.15) is 30.3 Å². The van der Waals surface area contributed by atoms with E-state index in [1.165, 1.54) is 23.8 Å². The van der Waals surface area contributed by atoms with Crippen molar-refractivity contribution < 1.29 is 4.79 Å². The molecular weight excluding hydrogens is 474 g/mol. The number of amides is 1. The molecule has 0 saturated carbocycles. The van der Waals surface area contributed by atoms with Gasteiger partial charge in [0.2, 0.25) is 5.91 Å². The largest absolute Gasteiger partial charge is 0.302 e. The van der Waals surface area contributed by atoms with Gasteiger partial charge < -0.3 is 5.32 Å². The third-order valence-electron chi connectivity index (χ3n) is 5.28. The van der Waals surface area contributed by atoms with E-state index in [1.54, 1.807) is 0 Å². The lowest BCUT2D eigenvalue weighted by molar-refractivity contribution is -0.114. The molecule has 1 aliphatic rings. The number of hydrogen-bond donors (Lipinski definition) is 1. The summed E-state index contributed by atoms with van der Waals surface area (Å²) in [6.45, 7) is 3.49. The second-order valence-electron chi connectivity index (χ2n) is 7.56. The number of rotatable bonds is 3. The molecule has 5 rings (SSSR count). The Morgan fingerprint density at radius 3 is 2.77 bits per heavy atom. The maximum Gasteiger partial charge on any atom is 0.223 e. The maximum atomic E-state index is 11.6. The molecule has 0 fully saturated rings. The number of aromatic nitrogens is 4. The monoisotopic (exact) mass is 493 g/mol. The minimum atomic E-state index is -0.116. The van der Waals surface area contributed by atoms with E-state index in [0.29, 0.717) is 5.13 Å². The van der Waals surface area contributed by atoms with Gasteiger partial charge in [-0.1, -0.05) is 23.5 Å². The van der Waals surface area contributed by atoms with E-state index in [1.807, 2.05) is 42.1 Å². The van der Waals surface area contributed by atoms with E-state index in [2.05, 4.69) is 38.4 Å². The van der Waals surface area contributed by atoms with Crippen LogP contribution in [0, 0.1) is 6.92 Å². The highest BCUT2D eigenvalue weighted by Crippen LogP contribution is 2.43. The Hall–Kier alpha value is -2.84. The van der Waals surface area contributed by atoms with Crippen LogP contribution in [0.4, 0.5) is 5.13 Å². The summed E-state index contributed by atoms with van der Waals surface area (Å²) in [6.07, 6.45) is 4.63. The lowest BCUT2D eigenvalue weighted by Crippen LogP contribution is -2.05. The molecule has 1 amide bonds. The highest BCUT2D eigenvalue weighted by molar-refractivity contribution is 9.10. The van der Waals surface area contributed by atoms with E-state index in [0.717, 1.165) is 62.6 Å². The van der Waals surface area contributed by atoms with Crippen molar-refractivity contribution in [2.24, 2.45) is 0 Å². The number of para-hydroxylation sites is 1. The summed E-state index contributed by atoms with van der Waals surface area (Å²) in [5.41, 5.74) is 7.14. The zero-order chi connectivity index (χ0) is 21.5. The van der Waals surface area contributed by atoms with Crippen molar-refractivity contribution in [2.45, 2.75) is 33.1 Å². The van der Waals surface area contributed by atoms with E-state index < -0.39 is 0 Å². The number of aryl methyl sites for hydroxylation is 2. The lowest BCUT2D eigenvalue weighted by atomic mass is 10.0. The van der Waals surface area contributed by atoms with Gasteiger partial charge in [-0.25, -0.2) is 9.67 Å². The Balaban J connectivity index is 1.78. The molecule has 4 aromatic rings. The van der Waals surface area contributed by atoms with Crippen LogP contribution in [0.25, 0.3) is 27.5 Å². The van der Waals surface area contributed by atoms with Crippen LogP contribution in [0.3, 0.4) is 0 Å². The summed E-state index contributed by atoms with van der Waals surface area (Å²) >= 11 is 5.20. The van der Waals surface area contributed by atoms with Crippen molar-refractivity contribution in [3.63, 3.8) is 0 Å². The second kappa shape index (κ2) is 8.01. The summed E-state index contributed by atoms with van der Waals surface area (Å²) in [7, 11) is 0. The quantitative estimate of drug-likeness (QED) is 0.404. The van der Waals surface area contributed by atoms with Crippen LogP contribution in [-0.4, -0.2) is 25.7 Å². The van der Waals surface area contributed by atoms with Crippen molar-refractivity contribution in [2.75, 3.05) is 5.32 Å². The van der Waals surface area contributed by atoms with Crippen molar-refractivity contribution in [1.82, 2.24) is 19.7 Å². The molecule has 1 N–H and O–H groups in total. The molecule has 0 spiro atoms. The van der Waals surface area contributed by atoms with Gasteiger partial charge in [-0.2, -0.15) is 5.10 Å². The fraction of sp³-hybridized carbons (Fsp3) is 0.217. The molecule has 0 unspecified atom stereocenters. The second-order valence-corrected chi connectivity index (χ2v) is 9.41. The Kier molecular flexibility index (Phi) is 5.19. The topological polar surface area (TPSA) is 72.7 Å². The van der Waals surface area contributed by atoms with Crippen LogP contribution in [-0.2, 0) is 17.6 Å². The minimum absolute atomic E-state index is 0.116. The van der Waals surface area contributed by atoms with Crippen LogP contribution >= 0.6 is 27.3 Å². The molecule has 8 heteroatoms. The van der Waals surface area contributed by atoms with Gasteiger partial charge in [0.25, 0.3) is 0 Å². The Morgan fingerprint density at radius 1 is 1.19 bits per heavy atom. The molecule has 3 heterocycles. The molecular formula is C23H20BrN5OS. The molecule has 156 valence electrons. The number of anilines is 1. The van der Waals surface area contributed by atoms with Gasteiger partial charge in [-0.05, 0) is 66.4 Å². The van der Waals surface area contributed by atoms with Crippen molar-refractivity contribution in [3.8, 4) is 27.5 Å². The van der Waals surface area contributed by atoms with E-state index in [9.17, 15) is 4.79 Å². The summed E-state index contributed by atoms with van der Waals surface area (Å²) in [4.78, 5) is 21.9. The molecule has 0 aliphatic heterocycles. The summed E-state index contributed by atoms with van der Waals surface area (Å²) in [6, 6.07) is 12.2. The number of nitrogens with one attached hydrogen (secondary N) is 1. The highest BCUT2D eigenvalue weighted by Gasteiger charge is 2.29. The average Bonchev–Trinajstić information content (AvgIpc) is 3.25. The van der Waals surface area contributed by atoms with Crippen molar-refractivity contribution >= 4 is 38.3 Å². The Labute approximate surface area is 192 Å². The molecule has 6 nitrogen and oxygen atoms in total. The van der Waals surface area contributed by atoms with Crippen molar-refractivity contribution in [1.29, 1.82) is 0 Å². The van der Waals surface area contributed by atoms with Gasteiger partial charge in [-0.3, -0.25) is 9.78 Å². The number of fused-ring (bicyclic) bond motifs is 3. The predicted octanol–water partition coefficient (Wildman–Crippen LogP) is 5.58. The first kappa shape index (κ1) is 20.1. The average molecular weight is 494 g/mol. The van der Waals surface area contributed by atoms with Gasteiger partial charge in [0, 0.05) is 34.4 Å². The van der Waals surface area contributed by atoms with E-state index >= 15 is 0 Å². The van der Waals surface area contributed by atoms with E-state index in [4.69, 9.17) is 10.1 Å². The van der Waals surface area contributed by atoms with Gasteiger partial charge >= 0.3 is 0 Å². The first-order valence-electron chi connectivity index (χ1n) is 10.1. The van der Waals surface area contributed by atoms with Gasteiger partial charge in [0.1, 0.15) is 0 Å². The summed E-state index contributed by atoms with van der Waals surface area (Å²) in [5, 5.41) is 8.55. The molecule has 0 bridgehead atoms. The molecule has 1 aliphatic carbocycles. The Bertz CT molecular complexity index is 1290. The number of carbonyl (C=O) groups is 1. The van der Waals surface area contributed by atoms with Crippen LogP contribution in [0.2, 0.25) is 0 Å². The standard InChI is InChI=1S/C23H20BrN5OS/c1-13-10-11-15(12-25-13)20-16-6-5-8-18-22(31-23(27-18)26-14(2)30)21(16)29(28-20)19-9-4-3-7-17(19)24/h3-4,7,9-12H,5-6,8H2,1-2H3,(H,26,27,30). The first-order chi connectivity index (χ1) is 15.0.